The van der Waals surface area contributed by atoms with E-state index in [1.807, 2.05) is 0 Å². The summed E-state index contributed by atoms with van der Waals surface area (Å²) < 4.78 is 0. The third-order valence-corrected chi connectivity index (χ3v) is 1.08. The Hall–Kier alpha value is 0.0249. The van der Waals surface area contributed by atoms with Crippen LogP contribution in [0.1, 0.15) is 13.8 Å². The first-order chi connectivity index (χ1) is 2.81. The molecule has 0 saturated carbocycles. The summed E-state index contributed by atoms with van der Waals surface area (Å²) in [6.45, 7) is 6.64. The van der Waals surface area contributed by atoms with Gasteiger partial charge in [0, 0.05) is 0 Å². The van der Waals surface area contributed by atoms with Crippen LogP contribution >= 0.6 is 0 Å². The van der Waals surface area contributed by atoms with Gasteiger partial charge in [-0.05, 0) is 13.1 Å². The Bertz CT molecular complexity index is 26.7. The molecule has 0 saturated heterocycles. The van der Waals surface area contributed by atoms with Crippen molar-refractivity contribution >= 4 is 7.98 Å². The van der Waals surface area contributed by atoms with E-state index in [4.69, 9.17) is 0 Å². The monoisotopic (exact) mass is 85.1 g/mol. The Labute approximate surface area is 40.8 Å². The number of hydrogen-bond donors (Lipinski definition) is 0. The first kappa shape index (κ1) is 6.02. The van der Waals surface area contributed by atoms with Crippen LogP contribution in [0.3, 0.4) is 0 Å². The summed E-state index contributed by atoms with van der Waals surface area (Å²) >= 11 is 0. The van der Waals surface area contributed by atoms with Gasteiger partial charge >= 0.3 is 0 Å². The Balaban J connectivity index is 2.75. The number of nitrogens with zero attached hydrogens (tertiary/aromatic N) is 1. The maximum atomic E-state index is 2.25. The molecule has 0 unspecified atom stereocenters. The van der Waals surface area contributed by atoms with Gasteiger partial charge < -0.3 is 4.81 Å². The van der Waals surface area contributed by atoms with E-state index in [0.717, 1.165) is 13.1 Å². The first-order valence-corrected chi connectivity index (χ1v) is 2.49. The summed E-state index contributed by atoms with van der Waals surface area (Å²) in [5, 5.41) is 0. The quantitative estimate of drug-likeness (QED) is 0.422. The van der Waals surface area contributed by atoms with Crippen LogP contribution in [-0.2, 0) is 0 Å². The standard InChI is InChI=1S/C4H12BN/c1-3-6(5)4-2/h3-5H2,1-2H3. The van der Waals surface area contributed by atoms with Crippen molar-refractivity contribution in [1.82, 2.24) is 4.81 Å². The van der Waals surface area contributed by atoms with Crippen molar-refractivity contribution in [2.24, 2.45) is 0 Å². The molecule has 0 amide bonds. The van der Waals surface area contributed by atoms with E-state index in [1.54, 1.807) is 0 Å². The SMILES string of the molecule is BN(CC)CC. The average molecular weight is 85.0 g/mol. The molecule has 0 aliphatic carbocycles. The van der Waals surface area contributed by atoms with E-state index in [2.05, 4.69) is 26.6 Å². The zero-order valence-electron chi connectivity index (χ0n) is 4.86. The van der Waals surface area contributed by atoms with Crippen LogP contribution in [0.15, 0.2) is 0 Å². The topological polar surface area (TPSA) is 3.24 Å². The molecule has 0 fully saturated rings. The molecule has 2 heteroatoms. The average Bonchev–Trinajstić information content (AvgIpc) is 1.65. The summed E-state index contributed by atoms with van der Waals surface area (Å²) in [6, 6.07) is 0. The predicted octanol–water partition coefficient (Wildman–Crippen LogP) is -0.124. The van der Waals surface area contributed by atoms with E-state index in [9.17, 15) is 0 Å². The van der Waals surface area contributed by atoms with Crippen LogP contribution in [0.5, 0.6) is 0 Å². The molecule has 0 atom stereocenters. The zero-order valence-corrected chi connectivity index (χ0v) is 4.86. The minimum Gasteiger partial charge on any atom is -0.349 e. The summed E-state index contributed by atoms with van der Waals surface area (Å²) in [6.07, 6.45) is 0. The fourth-order valence-corrected chi connectivity index (χ4v) is 0.224. The lowest BCUT2D eigenvalue weighted by Gasteiger charge is -2.07. The highest BCUT2D eigenvalue weighted by Gasteiger charge is 1.81. The fourth-order valence-electron chi connectivity index (χ4n) is 0.224. The molecule has 0 spiro atoms. The van der Waals surface area contributed by atoms with Crippen molar-refractivity contribution in [3.63, 3.8) is 0 Å². The second kappa shape index (κ2) is 3.22. The molecule has 0 aromatic heterocycles. The van der Waals surface area contributed by atoms with Gasteiger partial charge in [0.15, 0.2) is 7.98 Å². The Morgan fingerprint density at radius 3 is 1.67 bits per heavy atom. The third-order valence-electron chi connectivity index (χ3n) is 1.08. The Morgan fingerprint density at radius 2 is 1.67 bits per heavy atom. The first-order valence-electron chi connectivity index (χ1n) is 2.49. The molecule has 36 valence electrons. The van der Waals surface area contributed by atoms with Gasteiger partial charge in [-0.15, -0.1) is 0 Å². The molecule has 6 heavy (non-hydrogen) atoms. The Morgan fingerprint density at radius 1 is 1.33 bits per heavy atom. The summed E-state index contributed by atoms with van der Waals surface area (Å²) in [5.41, 5.74) is 0. The normalized spacial score (nSPS) is 9.83. The highest BCUT2D eigenvalue weighted by Crippen LogP contribution is 1.72. The molecule has 0 radical (unpaired) electrons. The second-order valence-corrected chi connectivity index (χ2v) is 1.49. The van der Waals surface area contributed by atoms with Crippen LogP contribution in [0.4, 0.5) is 0 Å². The van der Waals surface area contributed by atoms with Gasteiger partial charge in [-0.2, -0.15) is 0 Å². The molecule has 0 aliphatic rings. The molecule has 0 aromatic carbocycles. The van der Waals surface area contributed by atoms with Crippen molar-refractivity contribution < 1.29 is 0 Å². The Kier molecular flexibility index (Phi) is 3.24. The minimum atomic E-state index is 1.16. The van der Waals surface area contributed by atoms with Gasteiger partial charge in [-0.3, -0.25) is 0 Å². The lowest BCUT2D eigenvalue weighted by molar-refractivity contribution is 0.505. The smallest absolute Gasteiger partial charge is 0.185 e. The van der Waals surface area contributed by atoms with Crippen LogP contribution in [0.2, 0.25) is 0 Å². The van der Waals surface area contributed by atoms with E-state index in [0.29, 0.717) is 0 Å². The summed E-state index contributed by atoms with van der Waals surface area (Å²) in [4.78, 5) is 2.25. The highest BCUT2D eigenvalue weighted by molar-refractivity contribution is 6.04. The van der Waals surface area contributed by atoms with Crippen molar-refractivity contribution in [3.8, 4) is 0 Å². The number of hydrogen-bond acceptors (Lipinski definition) is 1. The fraction of sp³-hybridized carbons (Fsp3) is 1.00. The minimum absolute atomic E-state index is 1.16. The molecular formula is C4H12BN. The van der Waals surface area contributed by atoms with Gasteiger partial charge in [0.25, 0.3) is 0 Å². The van der Waals surface area contributed by atoms with E-state index < -0.39 is 0 Å². The predicted molar refractivity (Wildman–Crippen MR) is 31.5 cm³/mol. The highest BCUT2D eigenvalue weighted by atomic mass is 15.0. The summed E-state index contributed by atoms with van der Waals surface area (Å²) in [7, 11) is 2.11. The molecule has 0 N–H and O–H groups in total. The van der Waals surface area contributed by atoms with Crippen molar-refractivity contribution in [2.45, 2.75) is 13.8 Å². The van der Waals surface area contributed by atoms with Crippen molar-refractivity contribution in [3.05, 3.63) is 0 Å². The molecule has 1 nitrogen and oxygen atoms in total. The lowest BCUT2D eigenvalue weighted by atomic mass is 10.3. The van der Waals surface area contributed by atoms with Crippen LogP contribution in [0, 0.1) is 0 Å². The van der Waals surface area contributed by atoms with Gasteiger partial charge in [0.2, 0.25) is 0 Å². The van der Waals surface area contributed by atoms with Crippen LogP contribution in [-0.4, -0.2) is 25.9 Å². The van der Waals surface area contributed by atoms with Crippen LogP contribution in [0.25, 0.3) is 0 Å². The maximum Gasteiger partial charge on any atom is 0.185 e. The molecule has 0 aliphatic heterocycles. The van der Waals surface area contributed by atoms with Gasteiger partial charge in [0.1, 0.15) is 0 Å². The van der Waals surface area contributed by atoms with Gasteiger partial charge in [-0.25, -0.2) is 0 Å². The van der Waals surface area contributed by atoms with Gasteiger partial charge in [0.05, 0.1) is 0 Å². The molecular weight excluding hydrogens is 72.9 g/mol. The zero-order chi connectivity index (χ0) is 4.99. The van der Waals surface area contributed by atoms with Gasteiger partial charge in [-0.1, -0.05) is 13.8 Å². The lowest BCUT2D eigenvalue weighted by Crippen LogP contribution is -2.17. The van der Waals surface area contributed by atoms with E-state index in [1.165, 1.54) is 0 Å². The largest absolute Gasteiger partial charge is 0.349 e. The van der Waals surface area contributed by atoms with Crippen molar-refractivity contribution in [1.29, 1.82) is 0 Å². The summed E-state index contributed by atoms with van der Waals surface area (Å²) in [5.74, 6) is 0. The van der Waals surface area contributed by atoms with E-state index in [-0.39, 0.29) is 0 Å². The second-order valence-electron chi connectivity index (χ2n) is 1.49. The molecule has 0 aromatic rings. The maximum absolute atomic E-state index is 2.25. The third kappa shape index (κ3) is 2.27. The number of rotatable bonds is 2. The van der Waals surface area contributed by atoms with E-state index >= 15 is 0 Å². The molecule has 0 heterocycles. The van der Waals surface area contributed by atoms with Crippen LogP contribution < -0.4 is 0 Å². The van der Waals surface area contributed by atoms with Crippen molar-refractivity contribution in [2.75, 3.05) is 13.1 Å². The molecule has 0 rings (SSSR count). The molecule has 0 bridgehead atoms.